The van der Waals surface area contributed by atoms with Crippen molar-refractivity contribution in [1.29, 1.82) is 0 Å². The van der Waals surface area contributed by atoms with Crippen LogP contribution in [0.1, 0.15) is 0 Å². The topological polar surface area (TPSA) is 58.9 Å². The molecule has 12 heavy (non-hydrogen) atoms. The maximum Gasteiger partial charge on any atom is 0.336 e. The Labute approximate surface area is 68.9 Å². The number of carbonyl (C=O) groups is 1. The third kappa shape index (κ3) is 1.01. The third-order valence-corrected chi connectivity index (χ3v) is 1.83. The molecule has 0 aromatic carbocycles. The van der Waals surface area contributed by atoms with Gasteiger partial charge in [0.05, 0.1) is 17.8 Å². The molecule has 2 unspecified atom stereocenters. The zero-order valence-corrected chi connectivity index (χ0v) is 6.18. The lowest BCUT2D eigenvalue weighted by Gasteiger charge is -2.14. The van der Waals surface area contributed by atoms with Gasteiger partial charge < -0.3 is 9.84 Å². The van der Waals surface area contributed by atoms with Gasteiger partial charge in [0.15, 0.2) is 6.23 Å². The number of carboxylic acids is 1. The highest BCUT2D eigenvalue weighted by Gasteiger charge is 2.26. The van der Waals surface area contributed by atoms with Gasteiger partial charge >= 0.3 is 5.97 Å². The minimum absolute atomic E-state index is 0.0129. The summed E-state index contributed by atoms with van der Waals surface area (Å²) in [5.74, 6) is -0.960. The Morgan fingerprint density at radius 3 is 3.25 bits per heavy atom. The number of aliphatic imine (C=N–C) groups is 1. The van der Waals surface area contributed by atoms with Crippen molar-refractivity contribution in [2.24, 2.45) is 10.9 Å². The number of fused-ring (bicyclic) bond motifs is 1. The first-order chi connectivity index (χ1) is 5.77. The molecule has 4 heteroatoms. The first-order valence-electron chi connectivity index (χ1n) is 3.58. The van der Waals surface area contributed by atoms with Crippen LogP contribution >= 0.6 is 0 Å². The van der Waals surface area contributed by atoms with E-state index in [0.717, 1.165) is 0 Å². The van der Waals surface area contributed by atoms with Gasteiger partial charge in [-0.05, 0) is 6.08 Å². The van der Waals surface area contributed by atoms with Gasteiger partial charge in [-0.1, -0.05) is 6.08 Å². The van der Waals surface area contributed by atoms with Crippen LogP contribution in [0.25, 0.3) is 0 Å². The summed E-state index contributed by atoms with van der Waals surface area (Å²) in [5.41, 5.74) is 0.228. The Morgan fingerprint density at radius 1 is 1.67 bits per heavy atom. The summed E-state index contributed by atoms with van der Waals surface area (Å²) in [4.78, 5) is 14.5. The quantitative estimate of drug-likeness (QED) is 0.617. The fourth-order valence-electron chi connectivity index (χ4n) is 1.21. The second kappa shape index (κ2) is 2.48. The molecule has 4 nitrogen and oxygen atoms in total. The summed E-state index contributed by atoms with van der Waals surface area (Å²) >= 11 is 0. The number of aliphatic carboxylic acids is 1. The molecule has 2 rings (SSSR count). The Morgan fingerprint density at radius 2 is 2.50 bits per heavy atom. The first kappa shape index (κ1) is 7.09. The number of hydrogen-bond donors (Lipinski definition) is 1. The molecule has 0 bridgehead atoms. The van der Waals surface area contributed by atoms with Crippen molar-refractivity contribution >= 4 is 12.2 Å². The lowest BCUT2D eigenvalue weighted by atomic mass is 10.0. The smallest absolute Gasteiger partial charge is 0.336 e. The van der Waals surface area contributed by atoms with Crippen LogP contribution in [0.5, 0.6) is 0 Å². The summed E-state index contributed by atoms with van der Waals surface area (Å²) in [6.45, 7) is 0. The predicted molar refractivity (Wildman–Crippen MR) is 41.7 cm³/mol. The average molecular weight is 165 g/mol. The maximum absolute atomic E-state index is 10.5. The number of dihydropyridines is 1. The van der Waals surface area contributed by atoms with Crippen molar-refractivity contribution < 1.29 is 14.6 Å². The van der Waals surface area contributed by atoms with Crippen molar-refractivity contribution in [1.82, 2.24) is 0 Å². The molecule has 2 atom stereocenters. The fraction of sp³-hybridized carbons (Fsp3) is 0.250. The summed E-state index contributed by atoms with van der Waals surface area (Å²) < 4.78 is 5.07. The van der Waals surface area contributed by atoms with Gasteiger partial charge in [0, 0.05) is 6.21 Å². The molecule has 0 spiro atoms. The van der Waals surface area contributed by atoms with Gasteiger partial charge in [0.25, 0.3) is 0 Å². The van der Waals surface area contributed by atoms with E-state index in [0.29, 0.717) is 0 Å². The highest BCUT2D eigenvalue weighted by molar-refractivity contribution is 6.09. The van der Waals surface area contributed by atoms with E-state index in [1.54, 1.807) is 18.4 Å². The maximum atomic E-state index is 10.5. The van der Waals surface area contributed by atoms with Crippen LogP contribution in [0.15, 0.2) is 29.0 Å². The molecule has 0 amide bonds. The molecule has 2 heterocycles. The summed E-state index contributed by atoms with van der Waals surface area (Å²) in [6.07, 6.45) is 6.08. The Kier molecular flexibility index (Phi) is 1.46. The van der Waals surface area contributed by atoms with Crippen LogP contribution in [0.4, 0.5) is 0 Å². The standard InChI is InChI=1S/C8H7NO3/c10-8(11)6-3-5-1-2-12-7(5)9-4-6/h1-5,7H,(H,10,11). The molecular weight excluding hydrogens is 158 g/mol. The van der Waals surface area contributed by atoms with E-state index in [2.05, 4.69) is 4.99 Å². The molecule has 0 fully saturated rings. The van der Waals surface area contributed by atoms with E-state index in [1.165, 1.54) is 6.21 Å². The van der Waals surface area contributed by atoms with Crippen LogP contribution in [-0.4, -0.2) is 23.5 Å². The van der Waals surface area contributed by atoms with E-state index < -0.39 is 5.97 Å². The number of nitrogens with zero attached hydrogens (tertiary/aromatic N) is 1. The van der Waals surface area contributed by atoms with Crippen molar-refractivity contribution in [3.05, 3.63) is 24.0 Å². The summed E-state index contributed by atoms with van der Waals surface area (Å²) in [7, 11) is 0. The number of ether oxygens (including phenoxy) is 1. The molecule has 0 aromatic rings. The second-order valence-electron chi connectivity index (χ2n) is 2.64. The van der Waals surface area contributed by atoms with Gasteiger partial charge in [-0.15, -0.1) is 0 Å². The van der Waals surface area contributed by atoms with Crippen LogP contribution in [-0.2, 0) is 9.53 Å². The molecule has 0 saturated heterocycles. The van der Waals surface area contributed by atoms with E-state index in [-0.39, 0.29) is 17.7 Å². The second-order valence-corrected chi connectivity index (χ2v) is 2.64. The highest BCUT2D eigenvalue weighted by Crippen LogP contribution is 2.24. The SMILES string of the molecule is O=C(O)C1=CC2C=COC2N=C1. The Hall–Kier alpha value is -1.58. The van der Waals surface area contributed by atoms with Crippen molar-refractivity contribution in [2.45, 2.75) is 6.23 Å². The van der Waals surface area contributed by atoms with Crippen molar-refractivity contribution in [2.75, 3.05) is 0 Å². The lowest BCUT2D eigenvalue weighted by Crippen LogP contribution is -2.19. The van der Waals surface area contributed by atoms with E-state index >= 15 is 0 Å². The zero-order valence-electron chi connectivity index (χ0n) is 6.18. The van der Waals surface area contributed by atoms with Gasteiger partial charge in [-0.3, -0.25) is 0 Å². The summed E-state index contributed by atoms with van der Waals surface area (Å²) in [5, 5.41) is 8.63. The van der Waals surface area contributed by atoms with Crippen LogP contribution in [0.3, 0.4) is 0 Å². The molecule has 2 aliphatic rings. The van der Waals surface area contributed by atoms with Crippen molar-refractivity contribution in [3.63, 3.8) is 0 Å². The molecule has 2 aliphatic heterocycles. The number of hydrogen-bond acceptors (Lipinski definition) is 3. The molecule has 1 N–H and O–H groups in total. The van der Waals surface area contributed by atoms with Crippen LogP contribution in [0, 0.1) is 5.92 Å². The van der Waals surface area contributed by atoms with Crippen LogP contribution in [0.2, 0.25) is 0 Å². The highest BCUT2D eigenvalue weighted by atomic mass is 16.5. The zero-order chi connectivity index (χ0) is 8.55. The van der Waals surface area contributed by atoms with Crippen LogP contribution < -0.4 is 0 Å². The molecule has 0 aliphatic carbocycles. The van der Waals surface area contributed by atoms with Gasteiger partial charge in [0.1, 0.15) is 0 Å². The predicted octanol–water partition coefficient (Wildman–Crippen LogP) is 0.568. The van der Waals surface area contributed by atoms with E-state index in [4.69, 9.17) is 9.84 Å². The Bertz CT molecular complexity index is 303. The largest absolute Gasteiger partial charge is 0.478 e. The minimum Gasteiger partial charge on any atom is -0.478 e. The fourth-order valence-corrected chi connectivity index (χ4v) is 1.21. The molecule has 0 aromatic heterocycles. The number of rotatable bonds is 1. The van der Waals surface area contributed by atoms with E-state index in [1.807, 2.05) is 0 Å². The molecular formula is C8H7NO3. The summed E-state index contributed by atoms with van der Waals surface area (Å²) in [6, 6.07) is 0. The molecule has 0 saturated carbocycles. The van der Waals surface area contributed by atoms with Gasteiger partial charge in [0.2, 0.25) is 0 Å². The van der Waals surface area contributed by atoms with Gasteiger partial charge in [-0.25, -0.2) is 9.79 Å². The normalized spacial score (nSPS) is 30.8. The van der Waals surface area contributed by atoms with Crippen molar-refractivity contribution in [3.8, 4) is 0 Å². The van der Waals surface area contributed by atoms with Gasteiger partial charge in [-0.2, -0.15) is 0 Å². The average Bonchev–Trinajstić information content (AvgIpc) is 2.49. The minimum atomic E-state index is -0.947. The molecule has 62 valence electrons. The molecule has 0 radical (unpaired) electrons. The number of carboxylic acid groups (broad SMARTS) is 1. The third-order valence-electron chi connectivity index (χ3n) is 1.83. The van der Waals surface area contributed by atoms with E-state index in [9.17, 15) is 4.79 Å². The first-order valence-corrected chi connectivity index (χ1v) is 3.58. The monoisotopic (exact) mass is 165 g/mol. The Balaban J connectivity index is 2.25. The lowest BCUT2D eigenvalue weighted by molar-refractivity contribution is -0.132.